The van der Waals surface area contributed by atoms with E-state index in [1.165, 1.54) is 7.11 Å². The highest BCUT2D eigenvalue weighted by molar-refractivity contribution is 6.75. The van der Waals surface area contributed by atoms with Crippen molar-refractivity contribution in [3.63, 3.8) is 0 Å². The molecule has 0 amide bonds. The molecule has 0 N–H and O–H groups in total. The van der Waals surface area contributed by atoms with Crippen LogP contribution in [0.25, 0.3) is 0 Å². The fourth-order valence-electron chi connectivity index (χ4n) is 0.643. The van der Waals surface area contributed by atoms with E-state index in [1.54, 1.807) is 0 Å². The molecule has 0 aliphatic rings. The maximum absolute atomic E-state index is 11.4. The van der Waals surface area contributed by atoms with Crippen LogP contribution in [0.3, 0.4) is 0 Å². The molecular weight excluding hydrogens is 224 g/mol. The summed E-state index contributed by atoms with van der Waals surface area (Å²) in [5.74, 6) is -1.05. The predicted octanol–water partition coefficient (Wildman–Crippen LogP) is 2.26. The Bertz CT molecular complexity index is 300. The van der Waals surface area contributed by atoms with Crippen molar-refractivity contribution in [1.82, 2.24) is 0 Å². The molecule has 0 unspecified atom stereocenters. The van der Waals surface area contributed by atoms with E-state index in [2.05, 4.69) is 4.74 Å². The minimum absolute atomic E-state index is 0.0399. The second-order valence-electron chi connectivity index (χ2n) is 5.04. The summed E-state index contributed by atoms with van der Waals surface area (Å²) in [4.78, 5) is 22.2. The maximum atomic E-state index is 11.4. The molecule has 92 valence electrons. The smallest absolute Gasteiger partial charge is 0.330 e. The van der Waals surface area contributed by atoms with E-state index in [4.69, 9.17) is 4.43 Å². The first kappa shape index (κ1) is 14.9. The van der Waals surface area contributed by atoms with Gasteiger partial charge in [0.25, 0.3) is 8.32 Å². The van der Waals surface area contributed by atoms with Gasteiger partial charge in [0, 0.05) is 12.2 Å². The Morgan fingerprint density at radius 3 is 1.88 bits per heavy atom. The van der Waals surface area contributed by atoms with Crippen LogP contribution in [0.2, 0.25) is 18.1 Å². The Balaban J connectivity index is 4.47. The Labute approximate surface area is 97.8 Å². The molecule has 5 heteroatoms. The van der Waals surface area contributed by atoms with Crippen molar-refractivity contribution in [1.29, 1.82) is 0 Å². The van der Waals surface area contributed by atoms with Crippen LogP contribution in [0.4, 0.5) is 0 Å². The molecule has 4 nitrogen and oxygen atoms in total. The average molecular weight is 244 g/mol. The molecule has 0 aromatic carbocycles. The summed E-state index contributed by atoms with van der Waals surface area (Å²) in [6.07, 6.45) is 2.17. The van der Waals surface area contributed by atoms with Crippen LogP contribution >= 0.6 is 0 Å². The molecule has 0 bridgehead atoms. The lowest BCUT2D eigenvalue weighted by molar-refractivity contribution is -0.136. The van der Waals surface area contributed by atoms with Gasteiger partial charge >= 0.3 is 11.9 Å². The van der Waals surface area contributed by atoms with Crippen LogP contribution in [0, 0.1) is 0 Å². The van der Waals surface area contributed by atoms with Crippen molar-refractivity contribution in [2.45, 2.75) is 38.9 Å². The number of carbonyl (C=O) groups excluding carboxylic acids is 2. The Kier molecular flexibility index (Phi) is 4.93. The van der Waals surface area contributed by atoms with Gasteiger partial charge in [-0.15, -0.1) is 0 Å². The van der Waals surface area contributed by atoms with E-state index in [-0.39, 0.29) is 5.04 Å². The zero-order valence-electron chi connectivity index (χ0n) is 10.8. The van der Waals surface area contributed by atoms with Crippen molar-refractivity contribution in [3.05, 3.63) is 12.2 Å². The normalized spacial score (nSPS) is 12.6. The topological polar surface area (TPSA) is 52.6 Å². The van der Waals surface area contributed by atoms with Gasteiger partial charge in [0.2, 0.25) is 0 Å². The predicted molar refractivity (Wildman–Crippen MR) is 64.4 cm³/mol. The third-order valence-electron chi connectivity index (χ3n) is 2.72. The van der Waals surface area contributed by atoms with Gasteiger partial charge in [-0.1, -0.05) is 20.8 Å². The summed E-state index contributed by atoms with van der Waals surface area (Å²) in [6.45, 7) is 10.1. The molecule has 0 saturated carbocycles. The van der Waals surface area contributed by atoms with Crippen molar-refractivity contribution in [2.75, 3.05) is 7.11 Å². The standard InChI is InChI=1S/C11H20O4Si/c1-11(2,3)16(5,6)15-10(13)8-7-9(12)14-4/h7-8H,1-6H3/b8-7-. The van der Waals surface area contributed by atoms with Crippen LogP contribution in [-0.2, 0) is 18.8 Å². The number of methoxy groups -OCH3 is 1. The zero-order valence-corrected chi connectivity index (χ0v) is 11.8. The quantitative estimate of drug-likeness (QED) is 0.434. The van der Waals surface area contributed by atoms with Crippen LogP contribution in [0.5, 0.6) is 0 Å². The number of rotatable bonds is 3. The molecule has 0 aliphatic heterocycles. The minimum atomic E-state index is -2.10. The highest BCUT2D eigenvalue weighted by Gasteiger charge is 2.39. The lowest BCUT2D eigenvalue weighted by Crippen LogP contribution is -2.42. The first-order valence-electron chi connectivity index (χ1n) is 5.09. The first-order chi connectivity index (χ1) is 7.10. The lowest BCUT2D eigenvalue weighted by atomic mass is 10.2. The molecule has 0 saturated heterocycles. The number of hydrogen-bond donors (Lipinski definition) is 0. The van der Waals surface area contributed by atoms with Crippen molar-refractivity contribution < 1.29 is 18.8 Å². The molecule has 0 atom stereocenters. The molecule has 0 aromatic rings. The molecule has 0 heterocycles. The lowest BCUT2D eigenvalue weighted by Gasteiger charge is -2.34. The summed E-state index contributed by atoms with van der Waals surface area (Å²) >= 11 is 0. The van der Waals surface area contributed by atoms with Crippen molar-refractivity contribution in [3.8, 4) is 0 Å². The zero-order chi connectivity index (χ0) is 13.0. The fourth-order valence-corrected chi connectivity index (χ4v) is 1.52. The Hall–Kier alpha value is -1.10. The van der Waals surface area contributed by atoms with Gasteiger partial charge in [0.1, 0.15) is 0 Å². The highest BCUT2D eigenvalue weighted by Crippen LogP contribution is 2.36. The Morgan fingerprint density at radius 1 is 1.06 bits per heavy atom. The molecule has 0 rings (SSSR count). The van der Waals surface area contributed by atoms with E-state index in [1.807, 2.05) is 33.9 Å². The average Bonchev–Trinajstić information content (AvgIpc) is 2.11. The second-order valence-corrected chi connectivity index (χ2v) is 9.76. The molecular formula is C11H20O4Si. The fraction of sp³-hybridized carbons (Fsp3) is 0.636. The Morgan fingerprint density at radius 2 is 1.50 bits per heavy atom. The van der Waals surface area contributed by atoms with E-state index in [0.29, 0.717) is 0 Å². The summed E-state index contributed by atoms with van der Waals surface area (Å²) in [6, 6.07) is 0. The summed E-state index contributed by atoms with van der Waals surface area (Å²) in [7, 11) is -0.847. The highest BCUT2D eigenvalue weighted by atomic mass is 28.4. The van der Waals surface area contributed by atoms with Gasteiger partial charge in [-0.25, -0.2) is 9.59 Å². The van der Waals surface area contributed by atoms with Crippen molar-refractivity contribution in [2.24, 2.45) is 0 Å². The first-order valence-corrected chi connectivity index (χ1v) is 8.00. The van der Waals surface area contributed by atoms with Gasteiger partial charge < -0.3 is 9.16 Å². The van der Waals surface area contributed by atoms with E-state index >= 15 is 0 Å². The third-order valence-corrected chi connectivity index (χ3v) is 7.04. The summed E-state index contributed by atoms with van der Waals surface area (Å²) in [5.41, 5.74) is 0. The van der Waals surface area contributed by atoms with Crippen LogP contribution < -0.4 is 0 Å². The number of hydrogen-bond acceptors (Lipinski definition) is 4. The van der Waals surface area contributed by atoms with E-state index < -0.39 is 20.3 Å². The molecule has 0 aromatic heterocycles. The second kappa shape index (κ2) is 5.29. The monoisotopic (exact) mass is 244 g/mol. The van der Waals surface area contributed by atoms with Crippen LogP contribution in [-0.4, -0.2) is 27.4 Å². The summed E-state index contributed by atoms with van der Waals surface area (Å²) < 4.78 is 9.78. The SMILES string of the molecule is COC(=O)/C=C\C(=O)O[Si](C)(C)C(C)(C)C. The van der Waals surface area contributed by atoms with Crippen LogP contribution in [0.15, 0.2) is 12.2 Å². The maximum Gasteiger partial charge on any atom is 0.330 e. The van der Waals surface area contributed by atoms with E-state index in [0.717, 1.165) is 12.2 Å². The molecule has 0 aliphatic carbocycles. The van der Waals surface area contributed by atoms with Crippen LogP contribution in [0.1, 0.15) is 20.8 Å². The molecule has 0 fully saturated rings. The van der Waals surface area contributed by atoms with E-state index in [9.17, 15) is 9.59 Å². The minimum Gasteiger partial charge on any atom is -0.516 e. The van der Waals surface area contributed by atoms with Gasteiger partial charge in [-0.05, 0) is 18.1 Å². The third kappa shape index (κ3) is 4.61. The summed E-state index contributed by atoms with van der Waals surface area (Å²) in [5, 5.41) is -0.0399. The number of carbonyl (C=O) groups is 2. The number of ether oxygens (including phenoxy) is 1. The number of esters is 1. The van der Waals surface area contributed by atoms with Crippen molar-refractivity contribution >= 4 is 20.3 Å². The van der Waals surface area contributed by atoms with Gasteiger partial charge in [0.15, 0.2) is 0 Å². The van der Waals surface area contributed by atoms with Gasteiger partial charge in [-0.2, -0.15) is 0 Å². The molecule has 0 spiro atoms. The molecule has 0 radical (unpaired) electrons. The van der Waals surface area contributed by atoms with Gasteiger partial charge in [-0.3, -0.25) is 0 Å². The van der Waals surface area contributed by atoms with Gasteiger partial charge in [0.05, 0.1) is 7.11 Å². The molecule has 16 heavy (non-hydrogen) atoms. The largest absolute Gasteiger partial charge is 0.516 e.